The number of H-pyrrole nitrogens is 1. The summed E-state index contributed by atoms with van der Waals surface area (Å²) in [7, 11) is -3.53. The van der Waals surface area contributed by atoms with Gasteiger partial charge in [-0.3, -0.25) is 0 Å². The first-order valence-corrected chi connectivity index (χ1v) is 7.77. The zero-order chi connectivity index (χ0) is 12.8. The number of aromatic amines is 1. The van der Waals surface area contributed by atoms with Crippen molar-refractivity contribution in [3.63, 3.8) is 0 Å². The van der Waals surface area contributed by atoms with E-state index >= 15 is 0 Å². The number of nitrogens with one attached hydrogen (secondary N) is 1. The average Bonchev–Trinajstić information content (AvgIpc) is 2.94. The molecule has 2 aromatic heterocycles. The van der Waals surface area contributed by atoms with Gasteiger partial charge in [0.25, 0.3) is 10.0 Å². The minimum absolute atomic E-state index is 0.284. The number of halogens is 1. The van der Waals surface area contributed by atoms with E-state index in [0.29, 0.717) is 5.65 Å². The highest BCUT2D eigenvalue weighted by Crippen LogP contribution is 2.24. The maximum atomic E-state index is 12.5. The Balaban J connectivity index is 2.26. The fraction of sp³-hybridized carbons (Fsp3) is 0. The summed E-state index contributed by atoms with van der Waals surface area (Å²) < 4.78 is 27.2. The molecule has 3 rings (SSSR count). The van der Waals surface area contributed by atoms with Gasteiger partial charge in [-0.25, -0.2) is 12.4 Å². The second-order valence-corrected chi connectivity index (χ2v) is 6.81. The van der Waals surface area contributed by atoms with Gasteiger partial charge in [-0.05, 0) is 40.8 Å². The van der Waals surface area contributed by atoms with Crippen molar-refractivity contribution >= 4 is 43.6 Å². The van der Waals surface area contributed by atoms with E-state index in [1.165, 1.54) is 3.97 Å². The van der Waals surface area contributed by atoms with Gasteiger partial charge in [-0.2, -0.15) is 0 Å². The molecule has 0 aliphatic rings. The number of nitrogens with zero attached hydrogens (tertiary/aromatic N) is 1. The van der Waals surface area contributed by atoms with E-state index < -0.39 is 10.0 Å². The molecule has 2 heterocycles. The van der Waals surface area contributed by atoms with Gasteiger partial charge in [0, 0.05) is 21.4 Å². The van der Waals surface area contributed by atoms with Gasteiger partial charge in [-0.15, -0.1) is 0 Å². The van der Waals surface area contributed by atoms with Crippen LogP contribution >= 0.6 is 22.6 Å². The molecule has 1 aromatic carbocycles. The van der Waals surface area contributed by atoms with Crippen LogP contribution in [0.3, 0.4) is 0 Å². The van der Waals surface area contributed by atoms with E-state index in [2.05, 4.69) is 27.6 Å². The van der Waals surface area contributed by atoms with Gasteiger partial charge in [0.1, 0.15) is 5.65 Å². The van der Waals surface area contributed by atoms with E-state index in [4.69, 9.17) is 0 Å². The summed E-state index contributed by atoms with van der Waals surface area (Å²) in [6.45, 7) is 0. The molecule has 6 heteroatoms. The molecule has 0 saturated heterocycles. The Morgan fingerprint density at radius 1 is 1.11 bits per heavy atom. The molecular weight excluding hydrogens is 363 g/mol. The molecule has 3 aromatic rings. The van der Waals surface area contributed by atoms with Crippen LogP contribution in [0.2, 0.25) is 0 Å². The normalized spacial score (nSPS) is 12.1. The van der Waals surface area contributed by atoms with Crippen LogP contribution in [0.1, 0.15) is 0 Å². The Hall–Kier alpha value is -1.28. The summed E-state index contributed by atoms with van der Waals surface area (Å²) in [5.41, 5.74) is 0.600. The summed E-state index contributed by atoms with van der Waals surface area (Å²) in [5.74, 6) is 0. The van der Waals surface area contributed by atoms with Crippen molar-refractivity contribution in [1.29, 1.82) is 0 Å². The minimum Gasteiger partial charge on any atom is -0.346 e. The standard InChI is InChI=1S/C12H9IN2O2S/c13-11-8-14-12-10(11)6-7-15(12)18(16,17)9-4-2-1-3-5-9/h1-8,14H. The number of hydrogen-bond acceptors (Lipinski definition) is 2. The molecule has 0 aliphatic heterocycles. The van der Waals surface area contributed by atoms with Crippen LogP contribution < -0.4 is 0 Å². The first-order chi connectivity index (χ1) is 8.60. The smallest absolute Gasteiger partial charge is 0.269 e. The molecule has 0 fully saturated rings. The van der Waals surface area contributed by atoms with Crippen LogP contribution in [-0.4, -0.2) is 17.4 Å². The Morgan fingerprint density at radius 2 is 1.83 bits per heavy atom. The molecule has 0 amide bonds. The molecule has 18 heavy (non-hydrogen) atoms. The van der Waals surface area contributed by atoms with Crippen LogP contribution in [0.15, 0.2) is 53.7 Å². The first-order valence-electron chi connectivity index (χ1n) is 5.25. The second kappa shape index (κ2) is 4.13. The number of benzene rings is 1. The zero-order valence-electron chi connectivity index (χ0n) is 9.17. The van der Waals surface area contributed by atoms with Crippen molar-refractivity contribution in [3.05, 3.63) is 52.4 Å². The highest BCUT2D eigenvalue weighted by Gasteiger charge is 2.19. The topological polar surface area (TPSA) is 54.9 Å². The molecule has 4 nitrogen and oxygen atoms in total. The van der Waals surface area contributed by atoms with Gasteiger partial charge in [0.05, 0.1) is 4.90 Å². The van der Waals surface area contributed by atoms with Gasteiger partial charge >= 0.3 is 0 Å². The van der Waals surface area contributed by atoms with Crippen LogP contribution in [0.25, 0.3) is 11.0 Å². The maximum absolute atomic E-state index is 12.5. The Bertz CT molecular complexity index is 803. The van der Waals surface area contributed by atoms with Gasteiger partial charge in [0.2, 0.25) is 0 Å². The van der Waals surface area contributed by atoms with Gasteiger partial charge in [-0.1, -0.05) is 18.2 Å². The lowest BCUT2D eigenvalue weighted by atomic mass is 10.4. The van der Waals surface area contributed by atoms with Crippen LogP contribution in [0.5, 0.6) is 0 Å². The third-order valence-corrected chi connectivity index (χ3v) is 5.33. The van der Waals surface area contributed by atoms with Crippen molar-refractivity contribution in [2.45, 2.75) is 4.90 Å². The Kier molecular flexibility index (Phi) is 2.70. The summed E-state index contributed by atoms with van der Waals surface area (Å²) in [6, 6.07) is 10.2. The molecule has 1 N–H and O–H groups in total. The van der Waals surface area contributed by atoms with Crippen molar-refractivity contribution < 1.29 is 8.42 Å². The van der Waals surface area contributed by atoms with E-state index in [9.17, 15) is 8.42 Å². The van der Waals surface area contributed by atoms with Crippen molar-refractivity contribution in [2.75, 3.05) is 0 Å². The molecule has 92 valence electrons. The van der Waals surface area contributed by atoms with E-state index in [0.717, 1.165) is 8.96 Å². The molecule has 0 aliphatic carbocycles. The summed E-state index contributed by atoms with van der Waals surface area (Å²) in [5, 5.41) is 0.912. The molecule has 0 radical (unpaired) electrons. The molecule has 0 atom stereocenters. The number of fused-ring (bicyclic) bond motifs is 1. The van der Waals surface area contributed by atoms with Gasteiger partial charge < -0.3 is 4.98 Å². The summed E-state index contributed by atoms with van der Waals surface area (Å²) in [6.07, 6.45) is 3.37. The lowest BCUT2D eigenvalue weighted by Gasteiger charge is -2.05. The quantitative estimate of drug-likeness (QED) is 0.704. The third-order valence-electron chi connectivity index (χ3n) is 2.75. The maximum Gasteiger partial charge on any atom is 0.269 e. The van der Waals surface area contributed by atoms with E-state index in [1.807, 2.05) is 0 Å². The highest BCUT2D eigenvalue weighted by atomic mass is 127. The summed E-state index contributed by atoms with van der Waals surface area (Å²) in [4.78, 5) is 3.27. The molecule has 0 spiro atoms. The average molecular weight is 372 g/mol. The van der Waals surface area contributed by atoms with E-state index in [-0.39, 0.29) is 4.90 Å². The first kappa shape index (κ1) is 11.8. The predicted octanol–water partition coefficient (Wildman–Crippen LogP) is 2.81. The Labute approximate surface area is 118 Å². The molecule has 0 unspecified atom stereocenters. The van der Waals surface area contributed by atoms with Crippen LogP contribution in [-0.2, 0) is 10.0 Å². The monoisotopic (exact) mass is 372 g/mol. The van der Waals surface area contributed by atoms with Crippen molar-refractivity contribution in [2.24, 2.45) is 0 Å². The zero-order valence-corrected chi connectivity index (χ0v) is 12.1. The number of aromatic nitrogens is 2. The SMILES string of the molecule is O=S(=O)(c1ccccc1)n1ccc2c(I)c[nH]c21. The van der Waals surface area contributed by atoms with Crippen molar-refractivity contribution in [3.8, 4) is 0 Å². The molecular formula is C12H9IN2O2S. The third kappa shape index (κ3) is 1.67. The van der Waals surface area contributed by atoms with Gasteiger partial charge in [0.15, 0.2) is 0 Å². The van der Waals surface area contributed by atoms with Crippen LogP contribution in [0, 0.1) is 3.57 Å². The lowest BCUT2D eigenvalue weighted by Crippen LogP contribution is -2.11. The summed E-state index contributed by atoms with van der Waals surface area (Å²) >= 11 is 2.17. The lowest BCUT2D eigenvalue weighted by molar-refractivity contribution is 0.589. The predicted molar refractivity (Wildman–Crippen MR) is 78.0 cm³/mol. The number of hydrogen-bond donors (Lipinski definition) is 1. The molecule has 0 saturated carbocycles. The van der Waals surface area contributed by atoms with E-state index in [1.54, 1.807) is 48.8 Å². The minimum atomic E-state index is -3.53. The number of rotatable bonds is 2. The fourth-order valence-electron chi connectivity index (χ4n) is 1.86. The van der Waals surface area contributed by atoms with Crippen molar-refractivity contribution in [1.82, 2.24) is 8.96 Å². The molecule has 0 bridgehead atoms. The highest BCUT2D eigenvalue weighted by molar-refractivity contribution is 14.1. The fourth-order valence-corrected chi connectivity index (χ4v) is 3.80. The Morgan fingerprint density at radius 3 is 2.56 bits per heavy atom. The second-order valence-electron chi connectivity index (χ2n) is 3.83. The largest absolute Gasteiger partial charge is 0.346 e. The van der Waals surface area contributed by atoms with Crippen LogP contribution in [0.4, 0.5) is 0 Å².